The summed E-state index contributed by atoms with van der Waals surface area (Å²) in [6.07, 6.45) is 26.6. The van der Waals surface area contributed by atoms with E-state index in [-0.39, 0.29) is 12.8 Å². The fourth-order valence-electron chi connectivity index (χ4n) is 7.16. The van der Waals surface area contributed by atoms with Gasteiger partial charge < -0.3 is 49.3 Å². The van der Waals surface area contributed by atoms with Gasteiger partial charge in [-0.2, -0.15) is 0 Å². The fraction of sp³-hybridized carbons (Fsp3) is 0.745. The summed E-state index contributed by atoms with van der Waals surface area (Å²) in [6, 6.07) is 0. The van der Waals surface area contributed by atoms with Crippen LogP contribution < -0.4 is 0 Å². The first-order valence-electron chi connectivity index (χ1n) is 24.6. The van der Waals surface area contributed by atoms with E-state index in [9.17, 15) is 63.1 Å². The van der Waals surface area contributed by atoms with E-state index in [1.807, 2.05) is 0 Å². The molecule has 0 saturated heterocycles. The van der Waals surface area contributed by atoms with Gasteiger partial charge in [0.15, 0.2) is 6.10 Å². The summed E-state index contributed by atoms with van der Waals surface area (Å²) < 4.78 is 65.5. The molecule has 8 unspecified atom stereocenters. The van der Waals surface area contributed by atoms with Gasteiger partial charge in [0.1, 0.15) is 43.2 Å². The lowest BCUT2D eigenvalue weighted by Crippen LogP contribution is -2.65. The average Bonchev–Trinajstić information content (AvgIpc) is 3.28. The van der Waals surface area contributed by atoms with E-state index in [1.54, 1.807) is 0 Å². The minimum Gasteiger partial charge on any atom is -0.462 e. The second-order valence-electron chi connectivity index (χ2n) is 17.0. The molecule has 1 rings (SSSR count). The van der Waals surface area contributed by atoms with Crippen molar-refractivity contribution >= 4 is 35.4 Å². The zero-order chi connectivity index (χ0) is 51.4. The van der Waals surface area contributed by atoms with E-state index in [1.165, 1.54) is 38.5 Å². The van der Waals surface area contributed by atoms with Crippen LogP contribution in [0.3, 0.4) is 0 Å². The predicted octanol–water partition coefficient (Wildman–Crippen LogP) is 9.18. The summed E-state index contributed by atoms with van der Waals surface area (Å²) in [4.78, 5) is 73.3. The Morgan fingerprint density at radius 3 is 1.38 bits per heavy atom. The number of carbonyl (C=O) groups is 2. The highest BCUT2D eigenvalue weighted by Gasteiger charge is 2.56. The maximum Gasteiger partial charge on any atom is 0.472 e. The molecule has 8 N–H and O–H groups in total. The molecule has 69 heavy (non-hydrogen) atoms. The number of aliphatic hydroxyl groups excluding tert-OH is 3. The summed E-state index contributed by atoms with van der Waals surface area (Å²) in [6.45, 7) is 2.80. The Hall–Kier alpha value is -2.15. The number of aliphatic hydroxyl groups is 3. The molecule has 1 aliphatic rings. The highest BCUT2D eigenvalue weighted by molar-refractivity contribution is 7.47. The number of hydrogen-bond acceptors (Lipinski definition) is 14. The molecule has 0 aromatic heterocycles. The molecule has 0 aliphatic heterocycles. The van der Waals surface area contributed by atoms with Gasteiger partial charge in [-0.15, -0.1) is 0 Å². The second kappa shape index (κ2) is 38.5. The second-order valence-corrected chi connectivity index (χ2v) is 20.8. The van der Waals surface area contributed by atoms with Gasteiger partial charge in [-0.05, 0) is 77.0 Å². The van der Waals surface area contributed by atoms with Crippen LogP contribution in [0.2, 0.25) is 0 Å². The van der Waals surface area contributed by atoms with Gasteiger partial charge >= 0.3 is 35.4 Å². The number of phosphoric acid groups is 3. The molecule has 0 amide bonds. The maximum atomic E-state index is 13.1. The summed E-state index contributed by atoms with van der Waals surface area (Å²) in [5.41, 5.74) is 0. The highest BCUT2D eigenvalue weighted by atomic mass is 31.2. The van der Waals surface area contributed by atoms with Crippen LogP contribution in [0.1, 0.15) is 168 Å². The van der Waals surface area contributed by atoms with Crippen LogP contribution in [0.4, 0.5) is 0 Å². The molecule has 400 valence electrons. The molecule has 0 radical (unpaired) electrons. The Morgan fingerprint density at radius 1 is 0.478 bits per heavy atom. The molecule has 0 heterocycles. The van der Waals surface area contributed by atoms with E-state index in [0.29, 0.717) is 19.3 Å². The number of esters is 2. The van der Waals surface area contributed by atoms with Gasteiger partial charge in [-0.3, -0.25) is 27.7 Å². The van der Waals surface area contributed by atoms with Crippen molar-refractivity contribution in [2.24, 2.45) is 0 Å². The van der Waals surface area contributed by atoms with E-state index < -0.39 is 91.3 Å². The van der Waals surface area contributed by atoms with Crippen LogP contribution in [0.15, 0.2) is 60.8 Å². The summed E-state index contributed by atoms with van der Waals surface area (Å²) in [5, 5.41) is 31.9. The third-order valence-corrected chi connectivity index (χ3v) is 12.8. The minimum absolute atomic E-state index is 0.0340. The van der Waals surface area contributed by atoms with Crippen molar-refractivity contribution in [3.05, 3.63) is 60.8 Å². The topological polar surface area (TPSA) is 303 Å². The van der Waals surface area contributed by atoms with Crippen molar-refractivity contribution in [2.45, 2.75) is 211 Å². The van der Waals surface area contributed by atoms with Gasteiger partial charge in [0.05, 0.1) is 6.61 Å². The maximum absolute atomic E-state index is 13.1. The summed E-state index contributed by atoms with van der Waals surface area (Å²) in [7, 11) is -16.6. The molecule has 1 aliphatic carbocycles. The van der Waals surface area contributed by atoms with Gasteiger partial charge in [0.25, 0.3) is 0 Å². The Balaban J connectivity index is 2.74. The minimum atomic E-state index is -5.61. The Labute approximate surface area is 409 Å². The number of unbranched alkanes of at least 4 members (excludes halogenated alkanes) is 15. The summed E-state index contributed by atoms with van der Waals surface area (Å²) in [5.74, 6) is -1.34. The van der Waals surface area contributed by atoms with Crippen LogP contribution >= 0.6 is 23.5 Å². The average molecular weight is 1050 g/mol. The third-order valence-electron chi connectivity index (χ3n) is 10.8. The van der Waals surface area contributed by atoms with Gasteiger partial charge in [0, 0.05) is 12.8 Å². The quantitative estimate of drug-likeness (QED) is 0.0122. The number of ether oxygens (including phenoxy) is 2. The van der Waals surface area contributed by atoms with Crippen molar-refractivity contribution < 1.29 is 90.6 Å². The van der Waals surface area contributed by atoms with E-state index in [4.69, 9.17) is 18.5 Å². The monoisotopic (exact) mass is 1040 g/mol. The molecule has 0 spiro atoms. The van der Waals surface area contributed by atoms with Crippen molar-refractivity contribution in [3.63, 3.8) is 0 Å². The van der Waals surface area contributed by atoms with Gasteiger partial charge in [-0.25, -0.2) is 13.7 Å². The lowest BCUT2D eigenvalue weighted by molar-refractivity contribution is -0.213. The van der Waals surface area contributed by atoms with E-state index in [0.717, 1.165) is 83.5 Å². The highest BCUT2D eigenvalue weighted by Crippen LogP contribution is 2.51. The standard InChI is InChI=1S/C47H83O19P3/c1-3-5-7-9-11-13-15-17-19-20-22-24-26-28-30-32-34-36-41(49)63-39(37-61-40(48)35-33-31-29-27-25-23-21-18-16-14-12-10-8-6-4-2)38-62-69(59,60)66-45-42(50)43(51)46(64-67(53,54)55)47(44(45)52)65-68(56,57)58/h5,7,11,13,17-19,21-22,24,39,42-47,50-52H,3-4,6,8-10,12,14-16,20,23,25-38H2,1-2H3,(H,59,60)(H2,53,54,55)(H2,56,57,58). The number of carbonyl (C=O) groups excluding carboxylic acids is 2. The van der Waals surface area contributed by atoms with Crippen molar-refractivity contribution in [3.8, 4) is 0 Å². The number of allylic oxidation sites excluding steroid dienone is 10. The largest absolute Gasteiger partial charge is 0.472 e. The number of phosphoric ester groups is 3. The smallest absolute Gasteiger partial charge is 0.462 e. The zero-order valence-corrected chi connectivity index (χ0v) is 43.3. The van der Waals surface area contributed by atoms with Crippen molar-refractivity contribution in [1.82, 2.24) is 0 Å². The fourth-order valence-corrected chi connectivity index (χ4v) is 9.25. The SMILES string of the molecule is CCC=CCC=CCC=CCC=CCCCCCCC(=O)OC(COC(=O)CCCCCCCC=CCCCCCCCC)COP(=O)(O)OC1C(O)C(O)C(OP(=O)(O)O)C(OP(=O)(O)O)C1O. The molecule has 0 aromatic carbocycles. The van der Waals surface area contributed by atoms with Gasteiger partial charge in [-0.1, -0.05) is 139 Å². The van der Waals surface area contributed by atoms with Crippen LogP contribution in [-0.2, 0) is 50.9 Å². The first-order valence-corrected chi connectivity index (χ1v) is 29.1. The van der Waals surface area contributed by atoms with Crippen LogP contribution in [0, 0.1) is 0 Å². The first-order chi connectivity index (χ1) is 32.8. The number of rotatable bonds is 41. The Morgan fingerprint density at radius 2 is 0.884 bits per heavy atom. The molecule has 0 aromatic rings. The molecule has 22 heteroatoms. The lowest BCUT2D eigenvalue weighted by atomic mass is 9.85. The Bertz CT molecular complexity index is 1670. The number of hydrogen-bond donors (Lipinski definition) is 8. The molecule has 8 atom stereocenters. The summed E-state index contributed by atoms with van der Waals surface area (Å²) >= 11 is 0. The molecule has 1 fully saturated rings. The van der Waals surface area contributed by atoms with Crippen LogP contribution in [-0.4, -0.2) is 108 Å². The van der Waals surface area contributed by atoms with E-state index in [2.05, 4.69) is 83.7 Å². The lowest BCUT2D eigenvalue weighted by Gasteiger charge is -2.44. The zero-order valence-electron chi connectivity index (χ0n) is 40.6. The molecular formula is C47H83O19P3. The normalized spacial score (nSPS) is 21.8. The molecule has 1 saturated carbocycles. The predicted molar refractivity (Wildman–Crippen MR) is 261 cm³/mol. The first kappa shape index (κ1) is 64.9. The molecule has 0 bridgehead atoms. The van der Waals surface area contributed by atoms with Gasteiger partial charge in [0.2, 0.25) is 0 Å². The molecule has 19 nitrogen and oxygen atoms in total. The van der Waals surface area contributed by atoms with Crippen molar-refractivity contribution in [2.75, 3.05) is 13.2 Å². The van der Waals surface area contributed by atoms with E-state index >= 15 is 0 Å². The Kier molecular flexibility index (Phi) is 36.2. The van der Waals surface area contributed by atoms with Crippen LogP contribution in [0.5, 0.6) is 0 Å². The van der Waals surface area contributed by atoms with Crippen LogP contribution in [0.25, 0.3) is 0 Å². The molecular weight excluding hydrogens is 961 g/mol. The van der Waals surface area contributed by atoms with Crippen molar-refractivity contribution in [1.29, 1.82) is 0 Å². The third kappa shape index (κ3) is 34.8.